The second-order valence-electron chi connectivity index (χ2n) is 4.65. The number of rotatable bonds is 2. The van der Waals surface area contributed by atoms with Crippen molar-refractivity contribution < 1.29 is 22.7 Å². The molecule has 0 bridgehead atoms. The van der Waals surface area contributed by atoms with Gasteiger partial charge in [-0.25, -0.2) is 4.79 Å². The van der Waals surface area contributed by atoms with Crippen molar-refractivity contribution in [3.63, 3.8) is 0 Å². The lowest BCUT2D eigenvalue weighted by atomic mass is 10.1. The average molecular weight is 274 g/mol. The monoisotopic (exact) mass is 274 g/mol. The minimum Gasteiger partial charge on any atom is -0.440 e. The van der Waals surface area contributed by atoms with Crippen molar-refractivity contribution >= 4 is 11.8 Å². The van der Waals surface area contributed by atoms with Gasteiger partial charge in [0.15, 0.2) is 0 Å². The van der Waals surface area contributed by atoms with Crippen LogP contribution in [0.5, 0.6) is 0 Å². The number of halogens is 3. The molecular formula is C12H13F3N2O2. The largest absolute Gasteiger partial charge is 0.440 e. The number of cyclic esters (lactones) is 1. The molecule has 1 fully saturated rings. The lowest BCUT2D eigenvalue weighted by Gasteiger charge is -2.19. The van der Waals surface area contributed by atoms with Gasteiger partial charge < -0.3 is 10.5 Å². The normalized spacial score (nSPS) is 23.6. The molecule has 4 nitrogen and oxygen atoms in total. The highest BCUT2D eigenvalue weighted by Gasteiger charge is 2.41. The first kappa shape index (κ1) is 13.7. The molecule has 104 valence electrons. The standard InChI is InChI=1S/C12H13F3N2O2/c1-11(6-16)7-17(10(18)19-11)9-4-2-8(3-5-9)12(13,14)15/h2-5H,6-7,16H2,1H3. The summed E-state index contributed by atoms with van der Waals surface area (Å²) in [5.74, 6) is 0. The van der Waals surface area contributed by atoms with Crippen LogP contribution in [0.1, 0.15) is 12.5 Å². The van der Waals surface area contributed by atoms with Gasteiger partial charge in [0, 0.05) is 12.2 Å². The Kier molecular flexibility index (Phi) is 3.17. The van der Waals surface area contributed by atoms with Crippen LogP contribution in [0.15, 0.2) is 24.3 Å². The van der Waals surface area contributed by atoms with Crippen molar-refractivity contribution in [1.29, 1.82) is 0 Å². The zero-order chi connectivity index (χ0) is 14.3. The van der Waals surface area contributed by atoms with Gasteiger partial charge in [-0.1, -0.05) is 0 Å². The lowest BCUT2D eigenvalue weighted by molar-refractivity contribution is -0.137. The first-order valence-electron chi connectivity index (χ1n) is 5.63. The number of hydrogen-bond acceptors (Lipinski definition) is 3. The van der Waals surface area contributed by atoms with Gasteiger partial charge in [-0.05, 0) is 31.2 Å². The van der Waals surface area contributed by atoms with Crippen molar-refractivity contribution in [2.75, 3.05) is 18.0 Å². The summed E-state index contributed by atoms with van der Waals surface area (Å²) in [6.45, 7) is 2.04. The Labute approximate surface area is 107 Å². The van der Waals surface area contributed by atoms with Gasteiger partial charge >= 0.3 is 12.3 Å². The summed E-state index contributed by atoms with van der Waals surface area (Å²) in [7, 11) is 0. The molecule has 0 aromatic heterocycles. The highest BCUT2D eigenvalue weighted by molar-refractivity contribution is 5.90. The summed E-state index contributed by atoms with van der Waals surface area (Å²) >= 11 is 0. The van der Waals surface area contributed by atoms with E-state index >= 15 is 0 Å². The quantitative estimate of drug-likeness (QED) is 0.900. The second-order valence-corrected chi connectivity index (χ2v) is 4.65. The molecule has 0 radical (unpaired) electrons. The maximum atomic E-state index is 12.4. The molecule has 1 amide bonds. The third-order valence-corrected chi connectivity index (χ3v) is 2.98. The third-order valence-electron chi connectivity index (χ3n) is 2.98. The first-order chi connectivity index (χ1) is 8.75. The molecule has 1 aromatic carbocycles. The zero-order valence-corrected chi connectivity index (χ0v) is 10.2. The number of ether oxygens (including phenoxy) is 1. The molecule has 0 saturated carbocycles. The molecule has 7 heteroatoms. The second kappa shape index (κ2) is 4.41. The van der Waals surface area contributed by atoms with E-state index < -0.39 is 23.4 Å². The first-order valence-corrected chi connectivity index (χ1v) is 5.63. The Bertz CT molecular complexity index is 487. The van der Waals surface area contributed by atoms with Crippen LogP contribution in [0.25, 0.3) is 0 Å². The Morgan fingerprint density at radius 2 is 1.95 bits per heavy atom. The third kappa shape index (κ3) is 2.65. The minimum atomic E-state index is -4.39. The molecule has 2 N–H and O–H groups in total. The molecule has 1 aromatic rings. The van der Waals surface area contributed by atoms with Crippen LogP contribution in [0.2, 0.25) is 0 Å². The number of nitrogens with two attached hydrogens (primary N) is 1. The molecule has 0 spiro atoms. The van der Waals surface area contributed by atoms with Crippen LogP contribution in [0.3, 0.4) is 0 Å². The number of benzene rings is 1. The van der Waals surface area contributed by atoms with Crippen molar-refractivity contribution in [2.45, 2.75) is 18.7 Å². The van der Waals surface area contributed by atoms with E-state index in [1.165, 1.54) is 17.0 Å². The smallest absolute Gasteiger partial charge is 0.416 e. The van der Waals surface area contributed by atoms with E-state index in [-0.39, 0.29) is 13.1 Å². The topological polar surface area (TPSA) is 55.6 Å². The van der Waals surface area contributed by atoms with Crippen molar-refractivity contribution in [3.05, 3.63) is 29.8 Å². The summed E-state index contributed by atoms with van der Waals surface area (Å²) in [5.41, 5.74) is 4.29. The Balaban J connectivity index is 2.22. The van der Waals surface area contributed by atoms with Gasteiger partial charge in [-0.15, -0.1) is 0 Å². The van der Waals surface area contributed by atoms with Crippen LogP contribution in [0.4, 0.5) is 23.7 Å². The van der Waals surface area contributed by atoms with Crippen LogP contribution in [0, 0.1) is 0 Å². The van der Waals surface area contributed by atoms with E-state index in [9.17, 15) is 18.0 Å². The minimum absolute atomic E-state index is 0.149. The fourth-order valence-corrected chi connectivity index (χ4v) is 1.83. The fourth-order valence-electron chi connectivity index (χ4n) is 1.83. The predicted molar refractivity (Wildman–Crippen MR) is 62.7 cm³/mol. The summed E-state index contributed by atoms with van der Waals surface area (Å²) in [6.07, 6.45) is -5.00. The van der Waals surface area contributed by atoms with E-state index in [0.29, 0.717) is 5.69 Å². The molecular weight excluding hydrogens is 261 g/mol. The molecule has 1 unspecified atom stereocenters. The molecule has 1 aliphatic rings. The van der Waals surface area contributed by atoms with E-state index in [1.807, 2.05) is 0 Å². The zero-order valence-electron chi connectivity index (χ0n) is 10.2. The number of nitrogens with zero attached hydrogens (tertiary/aromatic N) is 1. The number of carbonyl (C=O) groups excluding carboxylic acids is 1. The Morgan fingerprint density at radius 1 is 1.37 bits per heavy atom. The van der Waals surface area contributed by atoms with Crippen LogP contribution in [-0.4, -0.2) is 24.8 Å². The van der Waals surface area contributed by atoms with Gasteiger partial charge in [0.05, 0.1) is 12.1 Å². The van der Waals surface area contributed by atoms with E-state index in [4.69, 9.17) is 10.5 Å². The van der Waals surface area contributed by atoms with Gasteiger partial charge in [-0.2, -0.15) is 13.2 Å². The Hall–Kier alpha value is -1.76. The van der Waals surface area contributed by atoms with Gasteiger partial charge in [-0.3, -0.25) is 4.90 Å². The van der Waals surface area contributed by atoms with Crippen molar-refractivity contribution in [1.82, 2.24) is 0 Å². The lowest BCUT2D eigenvalue weighted by Crippen LogP contribution is -2.38. The number of anilines is 1. The van der Waals surface area contributed by atoms with Gasteiger partial charge in [0.2, 0.25) is 0 Å². The summed E-state index contributed by atoms with van der Waals surface area (Å²) in [4.78, 5) is 12.9. The summed E-state index contributed by atoms with van der Waals surface area (Å²) < 4.78 is 42.4. The molecule has 19 heavy (non-hydrogen) atoms. The van der Waals surface area contributed by atoms with Crippen LogP contribution in [-0.2, 0) is 10.9 Å². The predicted octanol–water partition coefficient (Wildman–Crippen LogP) is 2.38. The molecule has 0 aliphatic carbocycles. The fraction of sp³-hybridized carbons (Fsp3) is 0.417. The van der Waals surface area contributed by atoms with E-state index in [0.717, 1.165) is 12.1 Å². The summed E-state index contributed by atoms with van der Waals surface area (Å²) in [5, 5.41) is 0. The van der Waals surface area contributed by atoms with Gasteiger partial charge in [0.1, 0.15) is 5.60 Å². The maximum absolute atomic E-state index is 12.4. The summed E-state index contributed by atoms with van der Waals surface area (Å²) in [6, 6.07) is 4.35. The number of carbonyl (C=O) groups is 1. The number of hydrogen-bond donors (Lipinski definition) is 1. The number of amides is 1. The maximum Gasteiger partial charge on any atom is 0.416 e. The van der Waals surface area contributed by atoms with E-state index in [2.05, 4.69) is 0 Å². The highest BCUT2D eigenvalue weighted by atomic mass is 19.4. The molecule has 2 rings (SSSR count). The number of alkyl halides is 3. The van der Waals surface area contributed by atoms with Crippen LogP contribution >= 0.6 is 0 Å². The average Bonchev–Trinajstić information content (AvgIpc) is 2.65. The van der Waals surface area contributed by atoms with Gasteiger partial charge in [0.25, 0.3) is 0 Å². The molecule has 1 heterocycles. The Morgan fingerprint density at radius 3 is 2.37 bits per heavy atom. The van der Waals surface area contributed by atoms with E-state index in [1.54, 1.807) is 6.92 Å². The molecule has 1 aliphatic heterocycles. The van der Waals surface area contributed by atoms with Crippen molar-refractivity contribution in [3.8, 4) is 0 Å². The van der Waals surface area contributed by atoms with Crippen molar-refractivity contribution in [2.24, 2.45) is 5.73 Å². The molecule has 1 atom stereocenters. The van der Waals surface area contributed by atoms with Crippen LogP contribution < -0.4 is 10.6 Å². The highest BCUT2D eigenvalue weighted by Crippen LogP contribution is 2.32. The molecule has 1 saturated heterocycles. The SMILES string of the molecule is CC1(CN)CN(c2ccc(C(F)(F)F)cc2)C(=O)O1.